The molecule has 1 aromatic rings. The zero-order valence-corrected chi connectivity index (χ0v) is 11.7. The summed E-state index contributed by atoms with van der Waals surface area (Å²) < 4.78 is 4.76. The van der Waals surface area contributed by atoms with Crippen molar-refractivity contribution in [3.05, 3.63) is 18.0 Å². The van der Waals surface area contributed by atoms with Gasteiger partial charge in [-0.1, -0.05) is 5.16 Å². The second-order valence-corrected chi connectivity index (χ2v) is 3.59. The van der Waals surface area contributed by atoms with Crippen molar-refractivity contribution in [3.63, 3.8) is 0 Å². The third kappa shape index (κ3) is 3.36. The van der Waals surface area contributed by atoms with Crippen molar-refractivity contribution < 1.29 is 4.52 Å². The minimum atomic E-state index is 0. The Morgan fingerprint density at radius 1 is 1.56 bits per heavy atom. The second-order valence-electron chi connectivity index (χ2n) is 3.59. The molecule has 0 unspecified atom stereocenters. The molecule has 0 aliphatic carbocycles. The minimum absolute atomic E-state index is 0. The summed E-state index contributed by atoms with van der Waals surface area (Å²) in [6.07, 6.45) is 4.09. The molecule has 6 heteroatoms. The van der Waals surface area contributed by atoms with Gasteiger partial charge in [0.25, 0.3) is 0 Å². The fourth-order valence-electron chi connectivity index (χ4n) is 1.76. The van der Waals surface area contributed by atoms with E-state index < -0.39 is 0 Å². The van der Waals surface area contributed by atoms with Gasteiger partial charge in [-0.25, -0.2) is 0 Å². The zero-order valence-electron chi connectivity index (χ0n) is 9.35. The molecule has 1 aromatic heterocycles. The molecule has 0 spiro atoms. The third-order valence-corrected chi connectivity index (χ3v) is 2.54. The molecular formula is C10H17IN4O. The lowest BCUT2D eigenvalue weighted by Crippen LogP contribution is -2.39. The molecule has 0 amide bonds. The van der Waals surface area contributed by atoms with Gasteiger partial charge in [-0.3, -0.25) is 4.99 Å². The van der Waals surface area contributed by atoms with Crippen molar-refractivity contribution in [1.82, 2.24) is 15.4 Å². The summed E-state index contributed by atoms with van der Waals surface area (Å²) in [5, 5.41) is 7.11. The van der Waals surface area contributed by atoms with Crippen LogP contribution in [0.15, 0.2) is 21.8 Å². The fourth-order valence-corrected chi connectivity index (χ4v) is 1.76. The summed E-state index contributed by atoms with van der Waals surface area (Å²) in [5.74, 6) is 0.954. The first-order chi connectivity index (χ1) is 7.40. The topological polar surface area (TPSA) is 53.7 Å². The molecular weight excluding hydrogens is 319 g/mol. The van der Waals surface area contributed by atoms with E-state index in [1.807, 2.05) is 13.1 Å². The maximum absolute atomic E-state index is 4.76. The average molecular weight is 336 g/mol. The second kappa shape index (κ2) is 6.72. The van der Waals surface area contributed by atoms with Crippen LogP contribution in [0.3, 0.4) is 0 Å². The summed E-state index contributed by atoms with van der Waals surface area (Å²) in [4.78, 5) is 6.51. The largest absolute Gasteiger partial charge is 0.364 e. The third-order valence-electron chi connectivity index (χ3n) is 2.54. The Morgan fingerprint density at radius 3 is 2.88 bits per heavy atom. The van der Waals surface area contributed by atoms with Crippen LogP contribution in [0.1, 0.15) is 18.5 Å². The number of guanidine groups is 1. The number of nitrogens with one attached hydrogen (secondary N) is 1. The lowest BCUT2D eigenvalue weighted by molar-refractivity contribution is 0.409. The van der Waals surface area contributed by atoms with Crippen LogP contribution in [0, 0.1) is 0 Å². The highest BCUT2D eigenvalue weighted by Crippen LogP contribution is 2.07. The molecule has 0 aromatic carbocycles. The van der Waals surface area contributed by atoms with Crippen LogP contribution in [0.5, 0.6) is 0 Å². The highest BCUT2D eigenvalue weighted by atomic mass is 127. The summed E-state index contributed by atoms with van der Waals surface area (Å²) in [5.41, 5.74) is 0.898. The quantitative estimate of drug-likeness (QED) is 0.505. The first-order valence-corrected chi connectivity index (χ1v) is 5.25. The van der Waals surface area contributed by atoms with E-state index in [2.05, 4.69) is 20.4 Å². The Morgan fingerprint density at radius 2 is 2.31 bits per heavy atom. The Bertz CT molecular complexity index is 320. The van der Waals surface area contributed by atoms with Gasteiger partial charge in [-0.05, 0) is 12.8 Å². The maximum atomic E-state index is 4.76. The lowest BCUT2D eigenvalue weighted by Gasteiger charge is -2.20. The number of hydrogen-bond acceptors (Lipinski definition) is 3. The van der Waals surface area contributed by atoms with Gasteiger partial charge in [0, 0.05) is 26.2 Å². The Kier molecular flexibility index (Phi) is 5.58. The molecule has 0 atom stereocenters. The van der Waals surface area contributed by atoms with Gasteiger partial charge in [0.05, 0.1) is 6.54 Å². The highest BCUT2D eigenvalue weighted by molar-refractivity contribution is 14.0. The van der Waals surface area contributed by atoms with Crippen LogP contribution in [0.25, 0.3) is 0 Å². The minimum Gasteiger partial charge on any atom is -0.364 e. The maximum Gasteiger partial charge on any atom is 0.193 e. The molecule has 0 radical (unpaired) electrons. The number of aromatic nitrogens is 1. The van der Waals surface area contributed by atoms with Crippen LogP contribution < -0.4 is 5.32 Å². The average Bonchev–Trinajstić information content (AvgIpc) is 2.90. The van der Waals surface area contributed by atoms with E-state index in [1.54, 1.807) is 6.26 Å². The molecule has 1 fully saturated rings. The van der Waals surface area contributed by atoms with Gasteiger partial charge >= 0.3 is 0 Å². The van der Waals surface area contributed by atoms with E-state index in [0.717, 1.165) is 24.7 Å². The summed E-state index contributed by atoms with van der Waals surface area (Å²) in [7, 11) is 1.81. The molecule has 1 aliphatic rings. The van der Waals surface area contributed by atoms with Crippen molar-refractivity contribution in [2.24, 2.45) is 4.99 Å². The zero-order chi connectivity index (χ0) is 10.5. The van der Waals surface area contributed by atoms with Crippen molar-refractivity contribution in [2.45, 2.75) is 19.4 Å². The molecule has 90 valence electrons. The van der Waals surface area contributed by atoms with E-state index in [9.17, 15) is 0 Å². The van der Waals surface area contributed by atoms with Crippen LogP contribution in [-0.2, 0) is 6.54 Å². The molecule has 2 rings (SSSR count). The van der Waals surface area contributed by atoms with Gasteiger partial charge < -0.3 is 14.7 Å². The number of hydrogen-bond donors (Lipinski definition) is 1. The fraction of sp³-hybridized carbons (Fsp3) is 0.600. The molecule has 2 heterocycles. The van der Waals surface area contributed by atoms with E-state index in [1.165, 1.54) is 12.8 Å². The number of halogens is 1. The van der Waals surface area contributed by atoms with E-state index in [-0.39, 0.29) is 24.0 Å². The molecule has 1 aliphatic heterocycles. The predicted octanol–water partition coefficient (Wildman–Crippen LogP) is 1.46. The smallest absolute Gasteiger partial charge is 0.193 e. The molecule has 1 N–H and O–H groups in total. The summed E-state index contributed by atoms with van der Waals surface area (Å²) in [6.45, 7) is 2.86. The monoisotopic (exact) mass is 336 g/mol. The summed E-state index contributed by atoms with van der Waals surface area (Å²) >= 11 is 0. The van der Waals surface area contributed by atoms with Gasteiger partial charge in [0.1, 0.15) is 12.0 Å². The number of nitrogens with zero attached hydrogens (tertiary/aromatic N) is 3. The van der Waals surface area contributed by atoms with Crippen molar-refractivity contribution in [3.8, 4) is 0 Å². The van der Waals surface area contributed by atoms with E-state index >= 15 is 0 Å². The molecule has 5 nitrogen and oxygen atoms in total. The molecule has 16 heavy (non-hydrogen) atoms. The molecule has 0 saturated carbocycles. The van der Waals surface area contributed by atoms with Crippen LogP contribution in [0.4, 0.5) is 0 Å². The number of rotatable bonds is 2. The van der Waals surface area contributed by atoms with Gasteiger partial charge in [0.2, 0.25) is 0 Å². The highest BCUT2D eigenvalue weighted by Gasteiger charge is 2.15. The Balaban J connectivity index is 0.00000128. The molecule has 0 bridgehead atoms. The van der Waals surface area contributed by atoms with Crippen molar-refractivity contribution >= 4 is 29.9 Å². The van der Waals surface area contributed by atoms with Gasteiger partial charge in [0.15, 0.2) is 5.96 Å². The SMILES string of the molecule is CN=C(NCc1ccon1)N1CCCC1.I. The summed E-state index contributed by atoms with van der Waals surface area (Å²) in [6, 6.07) is 1.85. The van der Waals surface area contributed by atoms with Crippen LogP contribution in [0.2, 0.25) is 0 Å². The van der Waals surface area contributed by atoms with Gasteiger partial charge in [-0.2, -0.15) is 0 Å². The lowest BCUT2D eigenvalue weighted by atomic mass is 10.4. The normalized spacial score (nSPS) is 16.1. The Hall–Kier alpha value is -0.790. The number of likely N-dealkylation sites (tertiary alicyclic amines) is 1. The molecule has 1 saturated heterocycles. The van der Waals surface area contributed by atoms with Crippen molar-refractivity contribution in [2.75, 3.05) is 20.1 Å². The van der Waals surface area contributed by atoms with Crippen LogP contribution >= 0.6 is 24.0 Å². The standard InChI is InChI=1S/C10H16N4O.HI/c1-11-10(14-5-2-3-6-14)12-8-9-4-7-15-13-9;/h4,7H,2-3,5-6,8H2,1H3,(H,11,12);1H. The first-order valence-electron chi connectivity index (χ1n) is 5.25. The predicted molar refractivity (Wildman–Crippen MR) is 72.9 cm³/mol. The van der Waals surface area contributed by atoms with Crippen molar-refractivity contribution in [1.29, 1.82) is 0 Å². The number of aliphatic imine (C=N–C) groups is 1. The Labute approximate surface area is 112 Å². The first kappa shape index (κ1) is 13.3. The van der Waals surface area contributed by atoms with E-state index in [0.29, 0.717) is 6.54 Å². The van der Waals surface area contributed by atoms with Crippen LogP contribution in [-0.4, -0.2) is 36.2 Å². The van der Waals surface area contributed by atoms with E-state index in [4.69, 9.17) is 4.52 Å². The van der Waals surface area contributed by atoms with Gasteiger partial charge in [-0.15, -0.1) is 24.0 Å².